The molecule has 0 saturated heterocycles. The number of aromatic carboxylic acids is 1. The fourth-order valence-electron chi connectivity index (χ4n) is 3.48. The first-order chi connectivity index (χ1) is 10.5. The Morgan fingerprint density at radius 1 is 1.32 bits per heavy atom. The van der Waals surface area contributed by atoms with E-state index in [2.05, 4.69) is 11.8 Å². The molecule has 22 heavy (non-hydrogen) atoms. The van der Waals surface area contributed by atoms with Gasteiger partial charge in [0.2, 0.25) is 0 Å². The van der Waals surface area contributed by atoms with Crippen molar-refractivity contribution in [1.82, 2.24) is 0 Å². The van der Waals surface area contributed by atoms with E-state index in [1.807, 2.05) is 13.0 Å². The van der Waals surface area contributed by atoms with Crippen LogP contribution in [0.25, 0.3) is 0 Å². The molecule has 0 aliphatic heterocycles. The zero-order valence-electron chi connectivity index (χ0n) is 13.3. The number of benzene rings is 1. The molecule has 5 heteroatoms. The Morgan fingerprint density at radius 2 is 1.95 bits per heavy atom. The van der Waals surface area contributed by atoms with Crippen molar-refractivity contribution >= 4 is 23.3 Å². The van der Waals surface area contributed by atoms with E-state index in [4.69, 9.17) is 17.3 Å². The molecule has 0 aromatic heterocycles. The van der Waals surface area contributed by atoms with Crippen molar-refractivity contribution < 1.29 is 9.90 Å². The van der Waals surface area contributed by atoms with Crippen LogP contribution in [0.15, 0.2) is 12.1 Å². The van der Waals surface area contributed by atoms with Crippen LogP contribution in [-0.2, 0) is 6.42 Å². The van der Waals surface area contributed by atoms with Crippen LogP contribution in [-0.4, -0.2) is 29.7 Å². The standard InChI is InChI=1S/C17H25ClN2O2/c1-3-14-15(17(21)22)9-11(18)10-16(14)20(4-2)13-7-5-12(19)6-8-13/h9-10,12-13H,3-8,19H2,1-2H3,(H,21,22). The number of carboxylic acids is 1. The van der Waals surface area contributed by atoms with Gasteiger partial charge in [-0.25, -0.2) is 4.79 Å². The van der Waals surface area contributed by atoms with Crippen molar-refractivity contribution in [2.24, 2.45) is 5.73 Å². The molecular formula is C17H25ClN2O2. The third-order valence-corrected chi connectivity index (χ3v) is 4.83. The van der Waals surface area contributed by atoms with Crippen LogP contribution in [0.2, 0.25) is 5.02 Å². The minimum absolute atomic E-state index is 0.301. The highest BCUT2D eigenvalue weighted by molar-refractivity contribution is 6.31. The third kappa shape index (κ3) is 3.55. The Morgan fingerprint density at radius 3 is 2.45 bits per heavy atom. The molecule has 3 N–H and O–H groups in total. The van der Waals surface area contributed by atoms with E-state index < -0.39 is 5.97 Å². The quantitative estimate of drug-likeness (QED) is 0.866. The molecule has 1 fully saturated rings. The van der Waals surface area contributed by atoms with Gasteiger partial charge in [0.1, 0.15) is 0 Å². The van der Waals surface area contributed by atoms with Crippen molar-refractivity contribution in [3.63, 3.8) is 0 Å². The van der Waals surface area contributed by atoms with Crippen molar-refractivity contribution in [2.75, 3.05) is 11.4 Å². The van der Waals surface area contributed by atoms with E-state index in [0.717, 1.165) is 43.5 Å². The second-order valence-corrected chi connectivity index (χ2v) is 6.40. The molecule has 1 aliphatic carbocycles. The smallest absolute Gasteiger partial charge is 0.336 e. The van der Waals surface area contributed by atoms with E-state index in [0.29, 0.717) is 29.1 Å². The van der Waals surface area contributed by atoms with Gasteiger partial charge in [-0.2, -0.15) is 0 Å². The molecule has 1 saturated carbocycles. The topological polar surface area (TPSA) is 66.6 Å². The Balaban J connectivity index is 2.41. The van der Waals surface area contributed by atoms with Crippen LogP contribution in [0.3, 0.4) is 0 Å². The van der Waals surface area contributed by atoms with Crippen molar-refractivity contribution in [2.45, 2.75) is 58.0 Å². The van der Waals surface area contributed by atoms with Crippen LogP contribution in [0.4, 0.5) is 5.69 Å². The molecule has 0 atom stereocenters. The zero-order chi connectivity index (χ0) is 16.3. The first-order valence-electron chi connectivity index (χ1n) is 8.05. The van der Waals surface area contributed by atoms with E-state index in [9.17, 15) is 9.90 Å². The van der Waals surface area contributed by atoms with Crippen LogP contribution < -0.4 is 10.6 Å². The van der Waals surface area contributed by atoms with Crippen molar-refractivity contribution in [3.05, 3.63) is 28.3 Å². The Labute approximate surface area is 137 Å². The normalized spacial score (nSPS) is 21.6. The summed E-state index contributed by atoms with van der Waals surface area (Å²) in [4.78, 5) is 13.8. The SMILES string of the molecule is CCc1c(C(=O)O)cc(Cl)cc1N(CC)C1CCC(N)CC1. The fourth-order valence-corrected chi connectivity index (χ4v) is 3.69. The Kier molecular flexibility index (Phi) is 5.70. The number of nitrogens with zero attached hydrogens (tertiary/aromatic N) is 1. The number of anilines is 1. The van der Waals surface area contributed by atoms with Gasteiger partial charge in [0.15, 0.2) is 0 Å². The largest absolute Gasteiger partial charge is 0.478 e. The van der Waals surface area contributed by atoms with Gasteiger partial charge in [-0.15, -0.1) is 0 Å². The molecule has 0 heterocycles. The van der Waals surface area contributed by atoms with Gasteiger partial charge >= 0.3 is 5.97 Å². The van der Waals surface area contributed by atoms with Gasteiger partial charge < -0.3 is 15.7 Å². The van der Waals surface area contributed by atoms with E-state index >= 15 is 0 Å². The molecule has 0 spiro atoms. The van der Waals surface area contributed by atoms with E-state index in [-0.39, 0.29) is 0 Å². The number of carboxylic acid groups (broad SMARTS) is 1. The van der Waals surface area contributed by atoms with Crippen LogP contribution >= 0.6 is 11.6 Å². The monoisotopic (exact) mass is 324 g/mol. The number of hydrogen-bond acceptors (Lipinski definition) is 3. The predicted molar refractivity (Wildman–Crippen MR) is 91.0 cm³/mol. The second kappa shape index (κ2) is 7.34. The summed E-state index contributed by atoms with van der Waals surface area (Å²) < 4.78 is 0. The van der Waals surface area contributed by atoms with Crippen molar-refractivity contribution in [1.29, 1.82) is 0 Å². The number of carbonyl (C=O) groups is 1. The number of nitrogens with two attached hydrogens (primary N) is 1. The maximum Gasteiger partial charge on any atom is 0.336 e. The highest BCUT2D eigenvalue weighted by atomic mass is 35.5. The highest BCUT2D eigenvalue weighted by Gasteiger charge is 2.26. The fraction of sp³-hybridized carbons (Fsp3) is 0.588. The summed E-state index contributed by atoms with van der Waals surface area (Å²) in [6.07, 6.45) is 4.82. The summed E-state index contributed by atoms with van der Waals surface area (Å²) in [5.41, 5.74) is 8.16. The van der Waals surface area contributed by atoms with Crippen LogP contribution in [0, 0.1) is 0 Å². The summed E-state index contributed by atoms with van der Waals surface area (Å²) in [6.45, 7) is 4.94. The van der Waals surface area contributed by atoms with Gasteiger partial charge in [-0.3, -0.25) is 0 Å². The lowest BCUT2D eigenvalue weighted by Crippen LogP contribution is -2.41. The van der Waals surface area contributed by atoms with Crippen molar-refractivity contribution in [3.8, 4) is 0 Å². The number of rotatable bonds is 5. The molecular weight excluding hydrogens is 300 g/mol. The maximum atomic E-state index is 11.5. The van der Waals surface area contributed by atoms with Crippen LogP contribution in [0.1, 0.15) is 55.5 Å². The average Bonchev–Trinajstić information content (AvgIpc) is 2.49. The molecule has 1 aromatic rings. The molecule has 0 amide bonds. The number of hydrogen-bond donors (Lipinski definition) is 2. The predicted octanol–water partition coefficient (Wildman–Crippen LogP) is 3.70. The molecule has 1 aliphatic rings. The molecule has 0 radical (unpaired) electrons. The summed E-state index contributed by atoms with van der Waals surface area (Å²) >= 11 is 6.18. The molecule has 122 valence electrons. The summed E-state index contributed by atoms with van der Waals surface area (Å²) in [5.74, 6) is -0.915. The molecule has 0 unspecified atom stereocenters. The Hall–Kier alpha value is -1.26. The summed E-state index contributed by atoms with van der Waals surface area (Å²) in [5, 5.41) is 9.93. The molecule has 2 rings (SSSR count). The summed E-state index contributed by atoms with van der Waals surface area (Å²) in [6, 6.07) is 4.17. The molecule has 4 nitrogen and oxygen atoms in total. The summed E-state index contributed by atoms with van der Waals surface area (Å²) in [7, 11) is 0. The third-order valence-electron chi connectivity index (χ3n) is 4.61. The van der Waals surface area contributed by atoms with E-state index in [1.54, 1.807) is 6.07 Å². The lowest BCUT2D eigenvalue weighted by Gasteiger charge is -2.38. The molecule has 0 bridgehead atoms. The lowest BCUT2D eigenvalue weighted by atomic mass is 9.89. The van der Waals surface area contributed by atoms with Gasteiger partial charge in [0, 0.05) is 29.3 Å². The minimum Gasteiger partial charge on any atom is -0.478 e. The van der Waals surface area contributed by atoms with Crippen LogP contribution in [0.5, 0.6) is 0 Å². The number of halogens is 1. The zero-order valence-corrected chi connectivity index (χ0v) is 14.1. The molecule has 1 aromatic carbocycles. The average molecular weight is 325 g/mol. The lowest BCUT2D eigenvalue weighted by molar-refractivity contribution is 0.0695. The van der Waals surface area contributed by atoms with Gasteiger partial charge in [0.25, 0.3) is 0 Å². The maximum absolute atomic E-state index is 11.5. The Bertz CT molecular complexity index is 540. The van der Waals surface area contributed by atoms with Gasteiger partial charge in [-0.05, 0) is 56.7 Å². The van der Waals surface area contributed by atoms with E-state index in [1.165, 1.54) is 0 Å². The van der Waals surface area contributed by atoms with Gasteiger partial charge in [-0.1, -0.05) is 18.5 Å². The first-order valence-corrected chi connectivity index (χ1v) is 8.43. The minimum atomic E-state index is -0.915. The highest BCUT2D eigenvalue weighted by Crippen LogP contribution is 2.33. The second-order valence-electron chi connectivity index (χ2n) is 5.96. The van der Waals surface area contributed by atoms with Gasteiger partial charge in [0.05, 0.1) is 5.56 Å². The first kappa shape index (κ1) is 17.1.